The number of para-hydroxylation sites is 3. The van der Waals surface area contributed by atoms with Gasteiger partial charge in [0.15, 0.2) is 0 Å². The number of carbonyl (C=O) groups excluding carboxylic acids is 3. The summed E-state index contributed by atoms with van der Waals surface area (Å²) in [5.41, 5.74) is 2.20. The Kier molecular flexibility index (Phi) is 5.45. The van der Waals surface area contributed by atoms with Gasteiger partial charge >= 0.3 is 0 Å². The average Bonchev–Trinajstić information content (AvgIpc) is 3.41. The molecule has 190 valence electrons. The SMILES string of the molecule is COc1ccccc1N1C(=O)[C@@H]2[C@H](C1=O)[C@H]1C=Cc3ccccc3N1[C@@H]2C(=O)Nc1ccc([N+](=O)[O-])cc1. The van der Waals surface area contributed by atoms with E-state index in [0.29, 0.717) is 17.1 Å². The number of ether oxygens (including phenoxy) is 1. The van der Waals surface area contributed by atoms with Gasteiger partial charge in [-0.15, -0.1) is 0 Å². The molecule has 38 heavy (non-hydrogen) atoms. The van der Waals surface area contributed by atoms with Crippen LogP contribution in [0.15, 0.2) is 78.9 Å². The zero-order chi connectivity index (χ0) is 26.6. The van der Waals surface area contributed by atoms with E-state index < -0.39 is 46.6 Å². The van der Waals surface area contributed by atoms with Crippen LogP contribution in [0.3, 0.4) is 0 Å². The highest BCUT2D eigenvalue weighted by Crippen LogP contribution is 2.50. The standard InChI is InChI=1S/C28H22N4O6/c1-38-22-9-5-4-8-20(22)31-27(34)23-21-15-10-16-6-2-3-7-19(16)30(21)25(24(23)28(31)35)26(33)29-17-11-13-18(14-12-17)32(36)37/h2-15,21,23-25H,1H3,(H,29,33)/t21-,23-,24-,25+/m1/s1. The van der Waals surface area contributed by atoms with E-state index in [1.54, 1.807) is 24.3 Å². The highest BCUT2D eigenvalue weighted by molar-refractivity contribution is 6.25. The minimum Gasteiger partial charge on any atom is -0.495 e. The quantitative estimate of drug-likeness (QED) is 0.316. The average molecular weight is 511 g/mol. The summed E-state index contributed by atoms with van der Waals surface area (Å²) >= 11 is 0. The molecule has 1 N–H and O–H groups in total. The van der Waals surface area contributed by atoms with Crippen LogP contribution >= 0.6 is 0 Å². The summed E-state index contributed by atoms with van der Waals surface area (Å²) in [5, 5.41) is 13.8. The summed E-state index contributed by atoms with van der Waals surface area (Å²) in [6, 6.07) is 18.2. The highest BCUT2D eigenvalue weighted by atomic mass is 16.6. The summed E-state index contributed by atoms with van der Waals surface area (Å²) < 4.78 is 5.41. The number of methoxy groups -OCH3 is 1. The van der Waals surface area contributed by atoms with Crippen LogP contribution in [0.1, 0.15) is 5.56 Å². The third-order valence-corrected chi connectivity index (χ3v) is 7.36. The second kappa shape index (κ2) is 8.84. The number of hydrogen-bond acceptors (Lipinski definition) is 7. The Morgan fingerprint density at radius 2 is 1.58 bits per heavy atom. The van der Waals surface area contributed by atoms with Crippen LogP contribution in [-0.4, -0.2) is 41.8 Å². The molecule has 0 aliphatic carbocycles. The Morgan fingerprint density at radius 1 is 0.921 bits per heavy atom. The van der Waals surface area contributed by atoms with Gasteiger partial charge in [-0.05, 0) is 35.9 Å². The van der Waals surface area contributed by atoms with Crippen molar-refractivity contribution in [3.05, 3.63) is 94.6 Å². The van der Waals surface area contributed by atoms with E-state index in [0.717, 1.165) is 16.2 Å². The number of nitrogens with zero attached hydrogens (tertiary/aromatic N) is 3. The molecule has 3 aliphatic rings. The molecule has 3 aliphatic heterocycles. The summed E-state index contributed by atoms with van der Waals surface area (Å²) in [7, 11) is 1.47. The molecule has 10 heteroatoms. The van der Waals surface area contributed by atoms with Crippen LogP contribution in [0.2, 0.25) is 0 Å². The van der Waals surface area contributed by atoms with Gasteiger partial charge in [-0.1, -0.05) is 42.5 Å². The van der Waals surface area contributed by atoms with Gasteiger partial charge in [-0.25, -0.2) is 4.90 Å². The zero-order valence-corrected chi connectivity index (χ0v) is 20.2. The Morgan fingerprint density at radius 3 is 2.29 bits per heavy atom. The van der Waals surface area contributed by atoms with Crippen molar-refractivity contribution in [1.82, 2.24) is 0 Å². The largest absolute Gasteiger partial charge is 0.495 e. The number of non-ortho nitro benzene ring substituents is 1. The molecular weight excluding hydrogens is 488 g/mol. The maximum Gasteiger partial charge on any atom is 0.269 e. The number of amides is 3. The van der Waals surface area contributed by atoms with Gasteiger partial charge in [0, 0.05) is 23.5 Å². The van der Waals surface area contributed by atoms with Crippen molar-refractivity contribution < 1.29 is 24.0 Å². The van der Waals surface area contributed by atoms with Crippen LogP contribution in [-0.2, 0) is 14.4 Å². The van der Waals surface area contributed by atoms with Crippen LogP contribution < -0.4 is 19.9 Å². The lowest BCUT2D eigenvalue weighted by Crippen LogP contribution is -2.50. The molecule has 0 radical (unpaired) electrons. The van der Waals surface area contributed by atoms with E-state index in [9.17, 15) is 24.5 Å². The number of imide groups is 1. The van der Waals surface area contributed by atoms with Crippen molar-refractivity contribution >= 4 is 46.5 Å². The van der Waals surface area contributed by atoms with Crippen molar-refractivity contribution in [2.24, 2.45) is 11.8 Å². The fraction of sp³-hybridized carbons (Fsp3) is 0.179. The van der Waals surface area contributed by atoms with Crippen molar-refractivity contribution in [2.75, 3.05) is 22.2 Å². The fourth-order valence-corrected chi connectivity index (χ4v) is 5.75. The summed E-state index contributed by atoms with van der Waals surface area (Å²) in [4.78, 5) is 55.1. The minimum atomic E-state index is -0.998. The second-order valence-corrected chi connectivity index (χ2v) is 9.29. The van der Waals surface area contributed by atoms with E-state index in [4.69, 9.17) is 4.74 Å². The van der Waals surface area contributed by atoms with Crippen molar-refractivity contribution in [3.63, 3.8) is 0 Å². The first-order valence-corrected chi connectivity index (χ1v) is 12.0. The van der Waals surface area contributed by atoms with Crippen molar-refractivity contribution in [2.45, 2.75) is 12.1 Å². The first-order valence-electron chi connectivity index (χ1n) is 12.0. The summed E-state index contributed by atoms with van der Waals surface area (Å²) in [6.45, 7) is 0. The first-order chi connectivity index (χ1) is 18.4. The molecule has 3 heterocycles. The lowest BCUT2D eigenvalue weighted by atomic mass is 9.88. The lowest BCUT2D eigenvalue weighted by molar-refractivity contribution is -0.384. The zero-order valence-electron chi connectivity index (χ0n) is 20.2. The Hall–Kier alpha value is -4.99. The molecule has 0 bridgehead atoms. The third-order valence-electron chi connectivity index (χ3n) is 7.36. The number of hydrogen-bond donors (Lipinski definition) is 1. The molecule has 0 spiro atoms. The minimum absolute atomic E-state index is 0.108. The lowest BCUT2D eigenvalue weighted by Gasteiger charge is -2.36. The molecule has 10 nitrogen and oxygen atoms in total. The number of nitro groups is 1. The van der Waals surface area contributed by atoms with E-state index >= 15 is 0 Å². The molecule has 3 amide bonds. The predicted octanol–water partition coefficient (Wildman–Crippen LogP) is 3.63. The molecule has 0 aromatic heterocycles. The normalized spacial score (nSPS) is 23.1. The summed E-state index contributed by atoms with van der Waals surface area (Å²) in [6.07, 6.45) is 3.78. The fourth-order valence-electron chi connectivity index (χ4n) is 5.75. The number of rotatable bonds is 5. The molecule has 0 saturated carbocycles. The molecule has 4 atom stereocenters. The van der Waals surface area contributed by atoms with E-state index in [1.807, 2.05) is 41.3 Å². The highest BCUT2D eigenvalue weighted by Gasteiger charge is 2.64. The van der Waals surface area contributed by atoms with Crippen LogP contribution in [0, 0.1) is 22.0 Å². The number of benzene rings is 3. The van der Waals surface area contributed by atoms with Gasteiger partial charge in [0.2, 0.25) is 17.7 Å². The monoisotopic (exact) mass is 510 g/mol. The molecule has 2 fully saturated rings. The van der Waals surface area contributed by atoms with Crippen molar-refractivity contribution in [1.29, 1.82) is 0 Å². The van der Waals surface area contributed by atoms with Crippen LogP contribution in [0.5, 0.6) is 5.75 Å². The Labute approximate surface area is 217 Å². The maximum atomic E-state index is 14.0. The van der Waals surface area contributed by atoms with Gasteiger partial charge in [-0.3, -0.25) is 24.5 Å². The molecular formula is C28H22N4O6. The maximum absolute atomic E-state index is 14.0. The van der Waals surface area contributed by atoms with Crippen LogP contribution in [0.25, 0.3) is 6.08 Å². The number of nitrogens with one attached hydrogen (secondary N) is 1. The van der Waals surface area contributed by atoms with Gasteiger partial charge in [-0.2, -0.15) is 0 Å². The van der Waals surface area contributed by atoms with Gasteiger partial charge < -0.3 is 15.0 Å². The molecule has 0 unspecified atom stereocenters. The van der Waals surface area contributed by atoms with E-state index in [2.05, 4.69) is 5.32 Å². The molecule has 3 aromatic carbocycles. The predicted molar refractivity (Wildman–Crippen MR) is 140 cm³/mol. The van der Waals surface area contributed by atoms with E-state index in [1.165, 1.54) is 31.4 Å². The molecule has 2 saturated heterocycles. The Bertz CT molecular complexity index is 1520. The molecule has 6 rings (SSSR count). The van der Waals surface area contributed by atoms with Gasteiger partial charge in [0.25, 0.3) is 5.69 Å². The number of fused-ring (bicyclic) bond motifs is 5. The van der Waals surface area contributed by atoms with E-state index in [-0.39, 0.29) is 5.69 Å². The second-order valence-electron chi connectivity index (χ2n) is 9.29. The third kappa shape index (κ3) is 3.45. The van der Waals surface area contributed by atoms with Gasteiger partial charge in [0.1, 0.15) is 11.8 Å². The smallest absolute Gasteiger partial charge is 0.269 e. The van der Waals surface area contributed by atoms with Crippen LogP contribution in [0.4, 0.5) is 22.7 Å². The van der Waals surface area contributed by atoms with Crippen molar-refractivity contribution in [3.8, 4) is 5.75 Å². The topological polar surface area (TPSA) is 122 Å². The summed E-state index contributed by atoms with van der Waals surface area (Å²) in [5.74, 6) is -2.72. The molecule has 3 aromatic rings. The van der Waals surface area contributed by atoms with Gasteiger partial charge in [0.05, 0.1) is 35.6 Å². The first kappa shape index (κ1) is 23.4. The number of nitro benzene ring substituents is 1. The Balaban J connectivity index is 1.42. The number of carbonyl (C=O) groups is 3. The number of anilines is 3.